The fourth-order valence-corrected chi connectivity index (χ4v) is 2.84. The number of ketones is 1. The fourth-order valence-electron chi connectivity index (χ4n) is 2.84. The number of Topliss-reactive ketones (excluding diaryl/α,β-unsaturated/α-hetero) is 1. The average Bonchev–Trinajstić information content (AvgIpc) is 2.69. The van der Waals surface area contributed by atoms with E-state index in [4.69, 9.17) is 15.2 Å². The molecule has 10 heteroatoms. The highest BCUT2D eigenvalue weighted by molar-refractivity contribution is 5.94. The first-order valence-electron chi connectivity index (χ1n) is 8.24. The Morgan fingerprint density at radius 1 is 1.36 bits per heavy atom. The van der Waals surface area contributed by atoms with Gasteiger partial charge in [0.05, 0.1) is 26.1 Å². The monoisotopic (exact) mass is 394 g/mol. The molecule has 0 fully saturated rings. The summed E-state index contributed by atoms with van der Waals surface area (Å²) in [4.78, 5) is 23.9. The first-order valence-corrected chi connectivity index (χ1v) is 8.24. The summed E-state index contributed by atoms with van der Waals surface area (Å²) in [5.41, 5.74) is 3.20. The normalized spacial score (nSPS) is 19.4. The van der Waals surface area contributed by atoms with Crippen molar-refractivity contribution in [3.63, 3.8) is 0 Å². The number of halogens is 3. The molecular formula is C18H17F3N4O3. The van der Waals surface area contributed by atoms with Crippen LogP contribution in [0.25, 0.3) is 0 Å². The van der Waals surface area contributed by atoms with Crippen LogP contribution in [0.2, 0.25) is 0 Å². The molecule has 1 aliphatic rings. The summed E-state index contributed by atoms with van der Waals surface area (Å²) in [6.07, 6.45) is -0.603. The topological polar surface area (TPSA) is 99.7 Å². The third-order valence-corrected chi connectivity index (χ3v) is 4.25. The molecule has 1 aromatic heterocycles. The number of ether oxygens (including phenoxy) is 2. The highest BCUT2D eigenvalue weighted by Gasteiger charge is 2.46. The van der Waals surface area contributed by atoms with Crippen molar-refractivity contribution in [2.75, 3.05) is 20.3 Å². The summed E-state index contributed by atoms with van der Waals surface area (Å²) < 4.78 is 52.1. The zero-order valence-electron chi connectivity index (χ0n) is 14.9. The predicted octanol–water partition coefficient (Wildman–Crippen LogP) is 1.90. The molecule has 3 rings (SSSR count). The number of carbonyl (C=O) groups excluding carboxylic acids is 1. The Kier molecular flexibility index (Phi) is 5.59. The van der Waals surface area contributed by atoms with E-state index >= 15 is 0 Å². The van der Waals surface area contributed by atoms with Crippen molar-refractivity contribution in [3.05, 3.63) is 53.4 Å². The zero-order valence-corrected chi connectivity index (χ0v) is 14.9. The van der Waals surface area contributed by atoms with Crippen molar-refractivity contribution in [1.82, 2.24) is 9.97 Å². The molecule has 1 atom stereocenters. The molecule has 2 N–H and O–H groups in total. The van der Waals surface area contributed by atoms with E-state index in [2.05, 4.69) is 15.0 Å². The van der Waals surface area contributed by atoms with Gasteiger partial charge in [-0.25, -0.2) is 23.1 Å². The van der Waals surface area contributed by atoms with Crippen LogP contribution in [0, 0.1) is 5.82 Å². The van der Waals surface area contributed by atoms with Crippen LogP contribution in [0.15, 0.2) is 35.6 Å². The number of aromatic nitrogens is 2. The quantitative estimate of drug-likeness (QED) is 0.752. The van der Waals surface area contributed by atoms with Crippen molar-refractivity contribution < 1.29 is 27.4 Å². The van der Waals surface area contributed by atoms with E-state index in [1.165, 1.54) is 31.6 Å². The van der Waals surface area contributed by atoms with Gasteiger partial charge in [-0.15, -0.1) is 0 Å². The van der Waals surface area contributed by atoms with Gasteiger partial charge >= 0.3 is 0 Å². The maximum Gasteiger partial charge on any atom is 0.269 e. The number of nitrogens with zero attached hydrogens (tertiary/aromatic N) is 3. The lowest BCUT2D eigenvalue weighted by molar-refractivity contribution is -0.0146. The molecule has 0 amide bonds. The van der Waals surface area contributed by atoms with Crippen LogP contribution in [0.3, 0.4) is 0 Å². The van der Waals surface area contributed by atoms with Gasteiger partial charge in [-0.05, 0) is 17.7 Å². The number of benzene rings is 1. The van der Waals surface area contributed by atoms with Gasteiger partial charge in [0.1, 0.15) is 18.3 Å². The third-order valence-electron chi connectivity index (χ3n) is 4.25. The van der Waals surface area contributed by atoms with E-state index in [-0.39, 0.29) is 30.3 Å². The first kappa shape index (κ1) is 19.7. The molecule has 1 aliphatic heterocycles. The maximum atomic E-state index is 14.4. The number of aliphatic imine (C=N–C) groups is 1. The second kappa shape index (κ2) is 7.93. The second-order valence-electron chi connectivity index (χ2n) is 6.18. The minimum Gasteiger partial charge on any atom is -0.494 e. The Hall–Kier alpha value is -3.01. The molecule has 2 heterocycles. The van der Waals surface area contributed by atoms with Gasteiger partial charge in [0.25, 0.3) is 6.43 Å². The minimum atomic E-state index is -3.06. The summed E-state index contributed by atoms with van der Waals surface area (Å²) in [6.45, 7) is -0.635. The zero-order chi connectivity index (χ0) is 20.3. The largest absolute Gasteiger partial charge is 0.494 e. The molecule has 0 saturated carbocycles. The Balaban J connectivity index is 1.92. The predicted molar refractivity (Wildman–Crippen MR) is 93.1 cm³/mol. The van der Waals surface area contributed by atoms with Crippen molar-refractivity contribution >= 4 is 11.6 Å². The standard InChI is InChI=1S/C18H17F3N4O3/c1-27-11-6-23-16(24-7-11)14(26)5-10-2-3-13(19)12(4-10)18(17(20)21)9-28-8-15(22)25-18/h2-4,6-7,17H,5,8-9H2,1H3,(H2,22,25)/t18-/m0/s1. The third kappa shape index (κ3) is 3.81. The molecule has 0 aliphatic carbocycles. The van der Waals surface area contributed by atoms with Crippen LogP contribution in [0.5, 0.6) is 5.75 Å². The summed E-state index contributed by atoms with van der Waals surface area (Å²) in [6, 6.07) is 3.52. The number of alkyl halides is 2. The Labute approximate surface area is 158 Å². The van der Waals surface area contributed by atoms with Crippen molar-refractivity contribution in [1.29, 1.82) is 0 Å². The summed E-state index contributed by atoms with van der Waals surface area (Å²) >= 11 is 0. The van der Waals surface area contributed by atoms with Crippen LogP contribution < -0.4 is 10.5 Å². The lowest BCUT2D eigenvalue weighted by atomic mass is 9.88. The molecule has 0 saturated heterocycles. The summed E-state index contributed by atoms with van der Waals surface area (Å²) in [5.74, 6) is -1.20. The smallest absolute Gasteiger partial charge is 0.269 e. The average molecular weight is 394 g/mol. The highest BCUT2D eigenvalue weighted by Crippen LogP contribution is 2.37. The van der Waals surface area contributed by atoms with E-state index in [9.17, 15) is 18.0 Å². The Bertz CT molecular complexity index is 905. The van der Waals surface area contributed by atoms with Crippen molar-refractivity contribution in [2.45, 2.75) is 18.4 Å². The number of hydrogen-bond acceptors (Lipinski definition) is 7. The van der Waals surface area contributed by atoms with E-state index in [1.807, 2.05) is 0 Å². The van der Waals surface area contributed by atoms with Crippen LogP contribution in [-0.2, 0) is 16.7 Å². The van der Waals surface area contributed by atoms with Crippen LogP contribution in [-0.4, -0.2) is 48.3 Å². The van der Waals surface area contributed by atoms with Crippen LogP contribution in [0.4, 0.5) is 13.2 Å². The van der Waals surface area contributed by atoms with E-state index in [1.54, 1.807) is 0 Å². The molecular weight excluding hydrogens is 377 g/mol. The number of carbonyl (C=O) groups is 1. The maximum absolute atomic E-state index is 14.4. The molecule has 0 radical (unpaired) electrons. The first-order chi connectivity index (χ1) is 13.4. The second-order valence-corrected chi connectivity index (χ2v) is 6.18. The highest BCUT2D eigenvalue weighted by atomic mass is 19.3. The van der Waals surface area contributed by atoms with E-state index in [0.29, 0.717) is 11.3 Å². The minimum absolute atomic E-state index is 0.0708. The van der Waals surface area contributed by atoms with Gasteiger partial charge < -0.3 is 15.2 Å². The summed E-state index contributed by atoms with van der Waals surface area (Å²) in [7, 11) is 1.43. The molecule has 148 valence electrons. The van der Waals surface area contributed by atoms with Gasteiger partial charge in [0, 0.05) is 12.0 Å². The van der Waals surface area contributed by atoms with Crippen molar-refractivity contribution in [2.24, 2.45) is 10.7 Å². The number of amidine groups is 1. The van der Waals surface area contributed by atoms with Gasteiger partial charge in [0.15, 0.2) is 17.1 Å². The lowest BCUT2D eigenvalue weighted by Gasteiger charge is -2.33. The number of methoxy groups -OCH3 is 1. The fraction of sp³-hybridized carbons (Fsp3) is 0.333. The molecule has 28 heavy (non-hydrogen) atoms. The van der Waals surface area contributed by atoms with Crippen molar-refractivity contribution in [3.8, 4) is 5.75 Å². The molecule has 0 bridgehead atoms. The molecule has 2 aromatic rings. The number of hydrogen-bond donors (Lipinski definition) is 1. The molecule has 1 aromatic carbocycles. The van der Waals surface area contributed by atoms with Gasteiger partial charge in [-0.2, -0.15) is 0 Å². The van der Waals surface area contributed by atoms with Crippen LogP contribution in [0.1, 0.15) is 21.7 Å². The lowest BCUT2D eigenvalue weighted by Crippen LogP contribution is -2.45. The number of nitrogens with two attached hydrogens (primary N) is 1. The Morgan fingerprint density at radius 2 is 2.07 bits per heavy atom. The van der Waals surface area contributed by atoms with E-state index in [0.717, 1.165) is 6.07 Å². The Morgan fingerprint density at radius 3 is 2.68 bits per heavy atom. The van der Waals surface area contributed by atoms with Gasteiger partial charge in [0.2, 0.25) is 5.78 Å². The van der Waals surface area contributed by atoms with Gasteiger partial charge in [-0.3, -0.25) is 9.79 Å². The molecule has 0 spiro atoms. The summed E-state index contributed by atoms with van der Waals surface area (Å²) in [5, 5.41) is 0. The van der Waals surface area contributed by atoms with E-state index < -0.39 is 30.2 Å². The molecule has 0 unspecified atom stereocenters. The van der Waals surface area contributed by atoms with Crippen LogP contribution >= 0.6 is 0 Å². The number of rotatable bonds is 6. The molecule has 7 nitrogen and oxygen atoms in total. The SMILES string of the molecule is COc1cnc(C(=O)Cc2ccc(F)c([C@]3(C(F)F)COCC(N)=N3)c2)nc1. The van der Waals surface area contributed by atoms with Gasteiger partial charge in [-0.1, -0.05) is 6.07 Å².